The van der Waals surface area contributed by atoms with Crippen molar-refractivity contribution in [1.82, 2.24) is 4.90 Å². The number of hydrogen-bond donors (Lipinski definition) is 2. The number of rotatable bonds is 5. The average Bonchev–Trinajstić information content (AvgIpc) is 3.78. The number of piperidine rings is 1. The van der Waals surface area contributed by atoms with E-state index in [2.05, 4.69) is 43.2 Å². The molecule has 11 unspecified atom stereocenters. The average molecular weight is 776 g/mol. The first kappa shape index (κ1) is 34.8. The highest BCUT2D eigenvalue weighted by atomic mass is 16.6. The van der Waals surface area contributed by atoms with Crippen molar-refractivity contribution in [2.45, 2.75) is 80.3 Å². The fraction of sp³-hybridized carbons (Fsp3) is 0.388. The summed E-state index contributed by atoms with van der Waals surface area (Å²) in [7, 11) is 2.18. The quantitative estimate of drug-likeness (QED) is 0.129. The van der Waals surface area contributed by atoms with Gasteiger partial charge in [-0.15, -0.1) is 0 Å². The number of aliphatic hydroxyl groups is 2. The van der Waals surface area contributed by atoms with E-state index in [4.69, 9.17) is 18.9 Å². The fourth-order valence-corrected chi connectivity index (χ4v) is 12.9. The van der Waals surface area contributed by atoms with E-state index >= 15 is 0 Å². The second-order valence-electron chi connectivity index (χ2n) is 18.1. The van der Waals surface area contributed by atoms with Crippen LogP contribution in [0.25, 0.3) is 11.1 Å². The number of esters is 2. The zero-order chi connectivity index (χ0) is 39.2. The van der Waals surface area contributed by atoms with Crippen LogP contribution in [0.2, 0.25) is 0 Å². The molecule has 0 aromatic heterocycles. The fourth-order valence-electron chi connectivity index (χ4n) is 12.9. The SMILES string of the molecule is CC1CCC23c4c5ccc(OC(=O)c6ccc(-c7ccc(C(=O)Oc8ccc9c%10c8OC8C(O)C=CC%11C(C9)N(C)CCC%10%118)cc7)cc6)c4OC2C(O)C=CC3C1C5. The molecule has 1 saturated carbocycles. The number of likely N-dealkylation sites (N-methyl/N-ethyl adjacent to an activating group) is 1. The second-order valence-corrected chi connectivity index (χ2v) is 18.1. The Balaban J connectivity index is 0.760. The molecule has 12 rings (SSSR count). The van der Waals surface area contributed by atoms with E-state index in [1.54, 1.807) is 24.3 Å². The van der Waals surface area contributed by atoms with E-state index < -0.39 is 30.3 Å². The molecule has 4 aromatic carbocycles. The molecular formula is C49H45NO8. The molecular weight excluding hydrogens is 731 g/mol. The van der Waals surface area contributed by atoms with Gasteiger partial charge in [-0.3, -0.25) is 0 Å². The number of aliphatic hydroxyl groups excluding tert-OH is 2. The van der Waals surface area contributed by atoms with Crippen molar-refractivity contribution in [1.29, 1.82) is 0 Å². The molecule has 5 aliphatic carbocycles. The molecule has 58 heavy (non-hydrogen) atoms. The largest absolute Gasteiger partial charge is 0.482 e. The molecule has 9 heteroatoms. The van der Waals surface area contributed by atoms with E-state index in [-0.39, 0.29) is 22.9 Å². The maximum Gasteiger partial charge on any atom is 0.343 e. The van der Waals surface area contributed by atoms with Gasteiger partial charge in [0.2, 0.25) is 0 Å². The molecule has 2 N–H and O–H groups in total. The summed E-state index contributed by atoms with van der Waals surface area (Å²) in [6.45, 7) is 3.26. The molecule has 0 radical (unpaired) electrons. The minimum absolute atomic E-state index is 0.225. The number of nitrogens with zero attached hydrogens (tertiary/aromatic N) is 1. The van der Waals surface area contributed by atoms with Gasteiger partial charge < -0.3 is 34.1 Å². The third-order valence-corrected chi connectivity index (χ3v) is 15.6. The smallest absolute Gasteiger partial charge is 0.343 e. The summed E-state index contributed by atoms with van der Waals surface area (Å²) in [5.74, 6) is 2.61. The van der Waals surface area contributed by atoms with Gasteiger partial charge in [-0.1, -0.05) is 67.6 Å². The number of allylic oxidation sites excluding steroid dienone is 1. The minimum Gasteiger partial charge on any atom is -0.482 e. The predicted molar refractivity (Wildman–Crippen MR) is 214 cm³/mol. The number of hydrogen-bond acceptors (Lipinski definition) is 9. The van der Waals surface area contributed by atoms with Crippen LogP contribution >= 0.6 is 0 Å². The molecule has 1 saturated heterocycles. The van der Waals surface area contributed by atoms with E-state index in [1.807, 2.05) is 48.6 Å². The van der Waals surface area contributed by atoms with Crippen LogP contribution in [0.15, 0.2) is 97.1 Å². The van der Waals surface area contributed by atoms with Crippen LogP contribution in [0.5, 0.6) is 23.0 Å². The maximum absolute atomic E-state index is 13.6. The lowest BCUT2D eigenvalue weighted by Crippen LogP contribution is -2.64. The van der Waals surface area contributed by atoms with Crippen LogP contribution in [-0.2, 0) is 23.7 Å². The third-order valence-electron chi connectivity index (χ3n) is 15.6. The first-order chi connectivity index (χ1) is 28.2. The standard InChI is InChI=1S/C49H45NO8/c1-25-19-20-48-33-13-15-36(51)44(48)57-42-38(17-11-30(40(42)48)23-32(25)33)55-46(53)28-7-3-26(4-8-28)27-5-9-29(10-6-27)47(54)56-39-18-12-31-24-35-34-14-16-37(52)45-49(34,21-22-50(35)2)41(31)43(39)58-45/h3-18,25,32-37,44-45,51-52H,19-24H2,1-2H3. The number of carbonyl (C=O) groups is 2. The molecule has 3 aliphatic heterocycles. The molecule has 8 aliphatic rings. The summed E-state index contributed by atoms with van der Waals surface area (Å²) in [6, 6.07) is 22.6. The summed E-state index contributed by atoms with van der Waals surface area (Å²) >= 11 is 0. The lowest BCUT2D eigenvalue weighted by molar-refractivity contribution is -0.0453. The van der Waals surface area contributed by atoms with E-state index in [1.165, 1.54) is 11.1 Å². The Kier molecular flexibility index (Phi) is 7.29. The Hall–Kier alpha value is -5.22. The summed E-state index contributed by atoms with van der Waals surface area (Å²) in [4.78, 5) is 29.6. The Morgan fingerprint density at radius 2 is 1.19 bits per heavy atom. The van der Waals surface area contributed by atoms with Crippen molar-refractivity contribution in [3.05, 3.63) is 130 Å². The molecule has 11 atom stereocenters. The Labute approximate surface area is 336 Å². The van der Waals surface area contributed by atoms with Gasteiger partial charge in [0.05, 0.1) is 11.1 Å². The second kappa shape index (κ2) is 12.2. The van der Waals surface area contributed by atoms with Crippen molar-refractivity contribution in [3.8, 4) is 34.1 Å². The van der Waals surface area contributed by atoms with Crippen molar-refractivity contribution >= 4 is 11.9 Å². The van der Waals surface area contributed by atoms with Crippen molar-refractivity contribution in [2.75, 3.05) is 13.6 Å². The van der Waals surface area contributed by atoms with Gasteiger partial charge in [0.1, 0.15) is 24.4 Å². The normalized spacial score (nSPS) is 35.0. The highest BCUT2D eigenvalue weighted by molar-refractivity contribution is 5.93. The molecule has 4 aromatic rings. The Morgan fingerprint density at radius 3 is 1.76 bits per heavy atom. The molecule has 9 nitrogen and oxygen atoms in total. The molecule has 0 amide bonds. The molecule has 294 valence electrons. The molecule has 3 heterocycles. The molecule has 2 spiro atoms. The monoisotopic (exact) mass is 775 g/mol. The van der Waals surface area contributed by atoms with Gasteiger partial charge in [0.15, 0.2) is 23.0 Å². The number of benzene rings is 4. The van der Waals surface area contributed by atoms with E-state index in [0.29, 0.717) is 57.9 Å². The summed E-state index contributed by atoms with van der Waals surface area (Å²) in [5.41, 5.74) is 6.59. The first-order valence-electron chi connectivity index (χ1n) is 20.9. The van der Waals surface area contributed by atoms with Gasteiger partial charge >= 0.3 is 11.9 Å². The van der Waals surface area contributed by atoms with Gasteiger partial charge in [-0.25, -0.2) is 9.59 Å². The van der Waals surface area contributed by atoms with Gasteiger partial charge in [-0.05, 0) is 122 Å². The van der Waals surface area contributed by atoms with E-state index in [9.17, 15) is 19.8 Å². The van der Waals surface area contributed by atoms with Crippen LogP contribution in [-0.4, -0.2) is 71.1 Å². The van der Waals surface area contributed by atoms with Crippen LogP contribution in [0.4, 0.5) is 0 Å². The van der Waals surface area contributed by atoms with Crippen molar-refractivity contribution in [3.63, 3.8) is 0 Å². The summed E-state index contributed by atoms with van der Waals surface area (Å²) in [5, 5.41) is 22.2. The first-order valence-corrected chi connectivity index (χ1v) is 20.9. The van der Waals surface area contributed by atoms with E-state index in [0.717, 1.165) is 60.9 Å². The molecule has 4 bridgehead atoms. The Morgan fingerprint density at radius 1 is 0.672 bits per heavy atom. The van der Waals surface area contributed by atoms with Crippen LogP contribution in [0, 0.1) is 23.7 Å². The van der Waals surface area contributed by atoms with Crippen LogP contribution < -0.4 is 18.9 Å². The minimum atomic E-state index is -0.731. The molecule has 2 fully saturated rings. The topological polar surface area (TPSA) is 115 Å². The number of carbonyl (C=O) groups excluding carboxylic acids is 2. The summed E-state index contributed by atoms with van der Waals surface area (Å²) < 4.78 is 25.2. The lowest BCUT2D eigenvalue weighted by atomic mass is 9.48. The Bertz CT molecular complexity index is 2320. The highest BCUT2D eigenvalue weighted by Gasteiger charge is 2.66. The maximum atomic E-state index is 13.6. The van der Waals surface area contributed by atoms with Crippen LogP contribution in [0.1, 0.15) is 69.2 Å². The van der Waals surface area contributed by atoms with Gasteiger partial charge in [-0.2, -0.15) is 0 Å². The van der Waals surface area contributed by atoms with Gasteiger partial charge in [0.25, 0.3) is 0 Å². The third kappa shape index (κ3) is 4.52. The van der Waals surface area contributed by atoms with Gasteiger partial charge in [0, 0.05) is 33.9 Å². The van der Waals surface area contributed by atoms with Crippen molar-refractivity contribution < 1.29 is 38.7 Å². The summed E-state index contributed by atoms with van der Waals surface area (Å²) in [6.07, 6.45) is 10.7. The number of likely N-dealkylation sites (tertiary alicyclic amines) is 1. The lowest BCUT2D eigenvalue weighted by Gasteiger charge is -2.56. The zero-order valence-electron chi connectivity index (χ0n) is 32.5. The number of ether oxygens (including phenoxy) is 4. The zero-order valence-corrected chi connectivity index (χ0v) is 32.5. The van der Waals surface area contributed by atoms with Crippen molar-refractivity contribution in [2.24, 2.45) is 23.7 Å². The van der Waals surface area contributed by atoms with Crippen LogP contribution in [0.3, 0.4) is 0 Å². The predicted octanol–water partition coefficient (Wildman–Crippen LogP) is 6.75. The highest BCUT2D eigenvalue weighted by Crippen LogP contribution is 2.66.